The van der Waals surface area contributed by atoms with Crippen molar-refractivity contribution in [2.24, 2.45) is 0 Å². The van der Waals surface area contributed by atoms with E-state index in [2.05, 4.69) is 5.32 Å². The maximum Gasteiger partial charge on any atom is 0.303 e. The maximum atomic E-state index is 11.4. The van der Waals surface area contributed by atoms with Crippen LogP contribution in [0.4, 0.5) is 0 Å². The van der Waals surface area contributed by atoms with Gasteiger partial charge in [-0.1, -0.05) is 0 Å². The zero-order chi connectivity index (χ0) is 18.4. The number of aliphatic hydroxyl groups excluding tert-OH is 1. The Labute approximate surface area is 138 Å². The van der Waals surface area contributed by atoms with Crippen LogP contribution in [0.2, 0.25) is 0 Å². The molecule has 1 aliphatic heterocycles. The summed E-state index contributed by atoms with van der Waals surface area (Å²) in [5.74, 6) is -2.54. The van der Waals surface area contributed by atoms with Crippen molar-refractivity contribution in [2.75, 3.05) is 6.61 Å². The van der Waals surface area contributed by atoms with Gasteiger partial charge in [0.2, 0.25) is 5.91 Å². The van der Waals surface area contributed by atoms with Crippen molar-refractivity contribution in [1.29, 1.82) is 0 Å². The normalized spacial score (nSPS) is 29.3. The molecule has 0 saturated carbocycles. The van der Waals surface area contributed by atoms with Crippen LogP contribution in [0.15, 0.2) is 0 Å². The molecule has 0 aliphatic carbocycles. The third-order valence-corrected chi connectivity index (χ3v) is 3.09. The van der Waals surface area contributed by atoms with Crippen LogP contribution in [0.1, 0.15) is 27.7 Å². The summed E-state index contributed by atoms with van der Waals surface area (Å²) in [4.78, 5) is 45.0. The van der Waals surface area contributed by atoms with E-state index < -0.39 is 54.5 Å². The van der Waals surface area contributed by atoms with Gasteiger partial charge >= 0.3 is 17.9 Å². The van der Waals surface area contributed by atoms with Crippen LogP contribution in [0.25, 0.3) is 0 Å². The first-order valence-corrected chi connectivity index (χ1v) is 7.20. The Balaban J connectivity index is 3.11. The van der Waals surface area contributed by atoms with Crippen molar-refractivity contribution in [1.82, 2.24) is 5.32 Å². The van der Waals surface area contributed by atoms with E-state index in [1.807, 2.05) is 0 Å². The lowest BCUT2D eigenvalue weighted by Gasteiger charge is -2.43. The molecule has 0 bridgehead atoms. The molecule has 10 nitrogen and oxygen atoms in total. The molecule has 2 N–H and O–H groups in total. The summed E-state index contributed by atoms with van der Waals surface area (Å²) in [7, 11) is 0. The highest BCUT2D eigenvalue weighted by Gasteiger charge is 2.50. The van der Waals surface area contributed by atoms with Gasteiger partial charge in [0.15, 0.2) is 18.5 Å². The highest BCUT2D eigenvalue weighted by Crippen LogP contribution is 2.26. The van der Waals surface area contributed by atoms with Crippen molar-refractivity contribution in [2.45, 2.75) is 58.3 Å². The van der Waals surface area contributed by atoms with E-state index in [1.165, 1.54) is 13.8 Å². The molecule has 1 saturated heterocycles. The molecule has 136 valence electrons. The second kappa shape index (κ2) is 8.60. The van der Waals surface area contributed by atoms with Gasteiger partial charge in [-0.3, -0.25) is 19.2 Å². The first-order chi connectivity index (χ1) is 11.1. The summed E-state index contributed by atoms with van der Waals surface area (Å²) >= 11 is 0. The fourth-order valence-electron chi connectivity index (χ4n) is 2.31. The molecule has 0 aromatic rings. The largest absolute Gasteiger partial charge is 0.463 e. The van der Waals surface area contributed by atoms with Gasteiger partial charge in [0.05, 0.1) is 0 Å². The van der Waals surface area contributed by atoms with Gasteiger partial charge in [-0.2, -0.15) is 0 Å². The van der Waals surface area contributed by atoms with Gasteiger partial charge in [0.25, 0.3) is 0 Å². The lowest BCUT2D eigenvalue weighted by molar-refractivity contribution is -0.264. The zero-order valence-corrected chi connectivity index (χ0v) is 13.8. The number of hydrogen-bond acceptors (Lipinski definition) is 9. The monoisotopic (exact) mass is 347 g/mol. The summed E-state index contributed by atoms with van der Waals surface area (Å²) in [5.41, 5.74) is 0. The number of nitrogens with one attached hydrogen (secondary N) is 1. The van der Waals surface area contributed by atoms with Gasteiger partial charge in [-0.15, -0.1) is 0 Å². The maximum absolute atomic E-state index is 11.4. The van der Waals surface area contributed by atoms with E-state index in [9.17, 15) is 24.3 Å². The molecule has 10 heteroatoms. The summed E-state index contributed by atoms with van der Waals surface area (Å²) in [6.07, 6.45) is -5.06. The average molecular weight is 347 g/mol. The molecule has 3 unspecified atom stereocenters. The van der Waals surface area contributed by atoms with Crippen molar-refractivity contribution < 1.29 is 43.2 Å². The number of carbonyl (C=O) groups excluding carboxylic acids is 4. The molecule has 24 heavy (non-hydrogen) atoms. The Morgan fingerprint density at radius 1 is 0.958 bits per heavy atom. The van der Waals surface area contributed by atoms with Gasteiger partial charge in [-0.05, 0) is 0 Å². The number of ether oxygens (including phenoxy) is 4. The SMILES string of the molecule is CC(=O)NC1C(OC(C)=O)[C@@H](OC(C)=O)C(COC(C)=O)O[C@@H]1O. The third kappa shape index (κ3) is 5.78. The number of carbonyl (C=O) groups is 4. The van der Waals surface area contributed by atoms with Gasteiger partial charge in [0, 0.05) is 27.7 Å². The molecule has 0 aromatic heterocycles. The van der Waals surface area contributed by atoms with E-state index in [0.29, 0.717) is 0 Å². The highest BCUT2D eigenvalue weighted by molar-refractivity contribution is 5.73. The molecule has 1 fully saturated rings. The third-order valence-electron chi connectivity index (χ3n) is 3.09. The molecule has 1 amide bonds. The molecule has 1 rings (SSSR count). The molecule has 1 heterocycles. The number of rotatable bonds is 5. The molecule has 5 atom stereocenters. The van der Waals surface area contributed by atoms with Gasteiger partial charge in [-0.25, -0.2) is 0 Å². The molecule has 0 radical (unpaired) electrons. The first kappa shape index (κ1) is 19.8. The van der Waals surface area contributed by atoms with Crippen LogP contribution in [-0.2, 0) is 38.1 Å². The van der Waals surface area contributed by atoms with Crippen molar-refractivity contribution in [3.05, 3.63) is 0 Å². The van der Waals surface area contributed by atoms with Crippen LogP contribution in [-0.4, -0.2) is 66.2 Å². The Kier molecular flexibility index (Phi) is 7.11. The molecular weight excluding hydrogens is 326 g/mol. The topological polar surface area (TPSA) is 137 Å². The molecule has 0 aromatic carbocycles. The lowest BCUT2D eigenvalue weighted by atomic mass is 9.96. The molecule has 1 aliphatic rings. The lowest BCUT2D eigenvalue weighted by Crippen LogP contribution is -2.66. The van der Waals surface area contributed by atoms with E-state index in [0.717, 1.165) is 13.8 Å². The van der Waals surface area contributed by atoms with Crippen molar-refractivity contribution in [3.8, 4) is 0 Å². The van der Waals surface area contributed by atoms with Crippen molar-refractivity contribution >= 4 is 23.8 Å². The van der Waals surface area contributed by atoms with Crippen LogP contribution in [0.3, 0.4) is 0 Å². The second-order valence-electron chi connectivity index (χ2n) is 5.24. The van der Waals surface area contributed by atoms with E-state index in [4.69, 9.17) is 18.9 Å². The minimum atomic E-state index is -1.56. The number of esters is 3. The van der Waals surface area contributed by atoms with E-state index in [-0.39, 0.29) is 6.61 Å². The van der Waals surface area contributed by atoms with Gasteiger partial charge < -0.3 is 29.4 Å². The zero-order valence-electron chi connectivity index (χ0n) is 13.8. The molecular formula is C14H21NO9. The van der Waals surface area contributed by atoms with Gasteiger partial charge in [0.1, 0.15) is 18.8 Å². The number of amides is 1. The summed E-state index contributed by atoms with van der Waals surface area (Å²) in [6.45, 7) is 4.28. The summed E-state index contributed by atoms with van der Waals surface area (Å²) in [6, 6.07) is -1.16. The Morgan fingerprint density at radius 2 is 1.50 bits per heavy atom. The summed E-state index contributed by atoms with van der Waals surface area (Å²) in [5, 5.41) is 12.5. The Hall–Kier alpha value is -2.20. The fourth-order valence-corrected chi connectivity index (χ4v) is 2.31. The minimum absolute atomic E-state index is 0.338. The van der Waals surface area contributed by atoms with Crippen LogP contribution in [0, 0.1) is 0 Å². The van der Waals surface area contributed by atoms with Crippen LogP contribution in [0.5, 0.6) is 0 Å². The molecule has 0 spiro atoms. The quantitative estimate of drug-likeness (QED) is 0.456. The fraction of sp³-hybridized carbons (Fsp3) is 0.714. The number of aliphatic hydroxyl groups is 1. The predicted octanol–water partition coefficient (Wildman–Crippen LogP) is -1.37. The Bertz CT molecular complexity index is 506. The second-order valence-corrected chi connectivity index (χ2v) is 5.24. The van der Waals surface area contributed by atoms with E-state index >= 15 is 0 Å². The predicted molar refractivity (Wildman–Crippen MR) is 76.2 cm³/mol. The first-order valence-electron chi connectivity index (χ1n) is 7.20. The smallest absolute Gasteiger partial charge is 0.303 e. The minimum Gasteiger partial charge on any atom is -0.463 e. The van der Waals surface area contributed by atoms with Crippen molar-refractivity contribution in [3.63, 3.8) is 0 Å². The summed E-state index contributed by atoms with van der Waals surface area (Å²) < 4.78 is 20.3. The van der Waals surface area contributed by atoms with Crippen LogP contribution < -0.4 is 5.32 Å². The van der Waals surface area contributed by atoms with Crippen LogP contribution >= 0.6 is 0 Å². The Morgan fingerprint density at radius 3 is 1.96 bits per heavy atom. The number of hydrogen-bond donors (Lipinski definition) is 2. The van der Waals surface area contributed by atoms with E-state index in [1.54, 1.807) is 0 Å². The highest BCUT2D eigenvalue weighted by atomic mass is 16.7. The average Bonchev–Trinajstić information content (AvgIpc) is 2.42. The standard InChI is InChI=1S/C14H21NO9/c1-6(16)15-11-13(23-9(4)19)12(22-8(3)18)10(24-14(11)20)5-21-7(2)17/h10-14,20H,5H2,1-4H3,(H,15,16)/t10?,11?,12-,13?,14-/m0/s1.